The van der Waals surface area contributed by atoms with Gasteiger partial charge in [-0.15, -0.1) is 0 Å². The molecule has 0 bridgehead atoms. The SMILES string of the molecule is CCC1OCCC1CNCC1CCC(C)CC1. The van der Waals surface area contributed by atoms with Crippen LogP contribution in [0.5, 0.6) is 0 Å². The third-order valence-electron chi connectivity index (χ3n) is 4.72. The van der Waals surface area contributed by atoms with Crippen molar-refractivity contribution in [2.45, 2.75) is 58.5 Å². The Morgan fingerprint density at radius 3 is 2.53 bits per heavy atom. The summed E-state index contributed by atoms with van der Waals surface area (Å²) in [5.41, 5.74) is 0. The van der Waals surface area contributed by atoms with Crippen LogP contribution < -0.4 is 5.32 Å². The summed E-state index contributed by atoms with van der Waals surface area (Å²) in [6.07, 6.45) is 8.71. The molecule has 2 heteroatoms. The summed E-state index contributed by atoms with van der Waals surface area (Å²) in [5.74, 6) is 2.68. The predicted octanol–water partition coefficient (Wildman–Crippen LogP) is 3.22. The number of hydrogen-bond donors (Lipinski definition) is 1. The van der Waals surface area contributed by atoms with Crippen LogP contribution >= 0.6 is 0 Å². The average Bonchev–Trinajstić information content (AvgIpc) is 2.79. The van der Waals surface area contributed by atoms with Gasteiger partial charge >= 0.3 is 0 Å². The lowest BCUT2D eigenvalue weighted by Crippen LogP contribution is -2.32. The lowest BCUT2D eigenvalue weighted by Gasteiger charge is -2.27. The Morgan fingerprint density at radius 1 is 1.06 bits per heavy atom. The van der Waals surface area contributed by atoms with E-state index in [-0.39, 0.29) is 0 Å². The van der Waals surface area contributed by atoms with Gasteiger partial charge in [-0.3, -0.25) is 0 Å². The van der Waals surface area contributed by atoms with Crippen LogP contribution in [0.15, 0.2) is 0 Å². The Morgan fingerprint density at radius 2 is 1.82 bits per heavy atom. The summed E-state index contributed by atoms with van der Waals surface area (Å²) < 4.78 is 5.73. The zero-order valence-corrected chi connectivity index (χ0v) is 11.6. The van der Waals surface area contributed by atoms with Crippen molar-refractivity contribution in [2.24, 2.45) is 17.8 Å². The minimum atomic E-state index is 0.522. The molecule has 1 aliphatic heterocycles. The molecule has 2 rings (SSSR count). The van der Waals surface area contributed by atoms with Gasteiger partial charge in [0.15, 0.2) is 0 Å². The Labute approximate surface area is 107 Å². The molecule has 0 amide bonds. The van der Waals surface area contributed by atoms with E-state index in [2.05, 4.69) is 19.2 Å². The highest BCUT2D eigenvalue weighted by molar-refractivity contribution is 4.78. The maximum atomic E-state index is 5.73. The first-order chi connectivity index (χ1) is 8.29. The molecule has 100 valence electrons. The van der Waals surface area contributed by atoms with Crippen LogP contribution in [0, 0.1) is 17.8 Å². The third-order valence-corrected chi connectivity index (χ3v) is 4.72. The van der Waals surface area contributed by atoms with Crippen molar-refractivity contribution in [3.05, 3.63) is 0 Å². The van der Waals surface area contributed by atoms with E-state index in [1.54, 1.807) is 0 Å². The van der Waals surface area contributed by atoms with Gasteiger partial charge in [0.25, 0.3) is 0 Å². The van der Waals surface area contributed by atoms with Crippen molar-refractivity contribution >= 4 is 0 Å². The molecule has 1 saturated carbocycles. The predicted molar refractivity (Wildman–Crippen MR) is 72.1 cm³/mol. The largest absolute Gasteiger partial charge is 0.378 e. The fraction of sp³-hybridized carbons (Fsp3) is 1.00. The van der Waals surface area contributed by atoms with Gasteiger partial charge in [0.2, 0.25) is 0 Å². The molecule has 1 aliphatic carbocycles. The number of nitrogens with one attached hydrogen (secondary N) is 1. The number of hydrogen-bond acceptors (Lipinski definition) is 2. The normalized spacial score (nSPS) is 38.5. The fourth-order valence-corrected chi connectivity index (χ4v) is 3.38. The molecule has 0 aromatic heterocycles. The molecule has 0 radical (unpaired) electrons. The topological polar surface area (TPSA) is 21.3 Å². The van der Waals surface area contributed by atoms with E-state index in [0.717, 1.165) is 24.4 Å². The minimum Gasteiger partial charge on any atom is -0.378 e. The van der Waals surface area contributed by atoms with Crippen molar-refractivity contribution in [2.75, 3.05) is 19.7 Å². The van der Waals surface area contributed by atoms with Gasteiger partial charge in [0.1, 0.15) is 0 Å². The molecule has 17 heavy (non-hydrogen) atoms. The van der Waals surface area contributed by atoms with Gasteiger partial charge in [-0.05, 0) is 50.0 Å². The quantitative estimate of drug-likeness (QED) is 0.795. The molecule has 2 atom stereocenters. The summed E-state index contributed by atoms with van der Waals surface area (Å²) in [5, 5.41) is 3.70. The molecule has 0 spiro atoms. The molecule has 2 fully saturated rings. The van der Waals surface area contributed by atoms with Gasteiger partial charge in [0.05, 0.1) is 6.10 Å². The summed E-state index contributed by atoms with van der Waals surface area (Å²) in [7, 11) is 0. The Kier molecular flexibility index (Phi) is 5.30. The standard InChI is InChI=1S/C15H29NO/c1-3-15-14(8-9-17-15)11-16-10-13-6-4-12(2)5-7-13/h12-16H,3-11H2,1-2H3. The van der Waals surface area contributed by atoms with E-state index in [0.29, 0.717) is 6.10 Å². The van der Waals surface area contributed by atoms with Crippen molar-refractivity contribution in [1.29, 1.82) is 0 Å². The van der Waals surface area contributed by atoms with Gasteiger partial charge in [-0.2, -0.15) is 0 Å². The van der Waals surface area contributed by atoms with Crippen molar-refractivity contribution in [3.63, 3.8) is 0 Å². The molecular formula is C15H29NO. The van der Waals surface area contributed by atoms with Crippen LogP contribution in [0.3, 0.4) is 0 Å². The second kappa shape index (κ2) is 6.75. The Hall–Kier alpha value is -0.0800. The summed E-state index contributed by atoms with van der Waals surface area (Å²) >= 11 is 0. The second-order valence-electron chi connectivity index (χ2n) is 6.15. The Balaban J connectivity index is 1.59. The lowest BCUT2D eigenvalue weighted by molar-refractivity contribution is 0.0868. The first-order valence-corrected chi connectivity index (χ1v) is 7.62. The van der Waals surface area contributed by atoms with E-state index in [9.17, 15) is 0 Å². The molecule has 0 aromatic rings. The molecule has 2 nitrogen and oxygen atoms in total. The molecule has 2 aliphatic rings. The average molecular weight is 239 g/mol. The van der Waals surface area contributed by atoms with Crippen LogP contribution in [0.2, 0.25) is 0 Å². The van der Waals surface area contributed by atoms with E-state index >= 15 is 0 Å². The summed E-state index contributed by atoms with van der Waals surface area (Å²) in [6, 6.07) is 0. The van der Waals surface area contributed by atoms with Crippen LogP contribution in [0.1, 0.15) is 52.4 Å². The fourth-order valence-electron chi connectivity index (χ4n) is 3.38. The molecule has 1 saturated heterocycles. The van der Waals surface area contributed by atoms with Crippen LogP contribution in [-0.2, 0) is 4.74 Å². The number of ether oxygens (including phenoxy) is 1. The summed E-state index contributed by atoms with van der Waals surface area (Å²) in [4.78, 5) is 0. The Bertz CT molecular complexity index is 211. The van der Waals surface area contributed by atoms with Gasteiger partial charge in [0, 0.05) is 13.2 Å². The third kappa shape index (κ3) is 3.96. The highest BCUT2D eigenvalue weighted by atomic mass is 16.5. The maximum Gasteiger partial charge on any atom is 0.0613 e. The van der Waals surface area contributed by atoms with Gasteiger partial charge in [-0.1, -0.05) is 26.7 Å². The van der Waals surface area contributed by atoms with Gasteiger partial charge in [-0.25, -0.2) is 0 Å². The molecule has 0 aromatic carbocycles. The van der Waals surface area contributed by atoms with Crippen LogP contribution in [-0.4, -0.2) is 25.8 Å². The first-order valence-electron chi connectivity index (χ1n) is 7.62. The van der Waals surface area contributed by atoms with Crippen molar-refractivity contribution < 1.29 is 4.74 Å². The lowest BCUT2D eigenvalue weighted by atomic mass is 9.83. The van der Waals surface area contributed by atoms with E-state index in [1.807, 2.05) is 0 Å². The highest BCUT2D eigenvalue weighted by Gasteiger charge is 2.26. The van der Waals surface area contributed by atoms with Crippen molar-refractivity contribution in [3.8, 4) is 0 Å². The monoisotopic (exact) mass is 239 g/mol. The van der Waals surface area contributed by atoms with Crippen LogP contribution in [0.4, 0.5) is 0 Å². The maximum absolute atomic E-state index is 5.73. The smallest absolute Gasteiger partial charge is 0.0613 e. The van der Waals surface area contributed by atoms with E-state index < -0.39 is 0 Å². The highest BCUT2D eigenvalue weighted by Crippen LogP contribution is 2.28. The van der Waals surface area contributed by atoms with E-state index in [1.165, 1.54) is 51.6 Å². The van der Waals surface area contributed by atoms with Crippen LogP contribution in [0.25, 0.3) is 0 Å². The summed E-state index contributed by atoms with van der Waals surface area (Å²) in [6.45, 7) is 8.02. The van der Waals surface area contributed by atoms with E-state index in [4.69, 9.17) is 4.74 Å². The molecule has 1 N–H and O–H groups in total. The van der Waals surface area contributed by atoms with Gasteiger partial charge < -0.3 is 10.1 Å². The molecule has 2 unspecified atom stereocenters. The second-order valence-corrected chi connectivity index (χ2v) is 6.15. The minimum absolute atomic E-state index is 0.522. The number of rotatable bonds is 5. The first kappa shape index (κ1) is 13.4. The molecular weight excluding hydrogens is 210 g/mol. The zero-order chi connectivity index (χ0) is 12.1. The van der Waals surface area contributed by atoms with Crippen molar-refractivity contribution in [1.82, 2.24) is 5.32 Å². The molecule has 1 heterocycles. The zero-order valence-electron chi connectivity index (χ0n) is 11.6.